The number of aromatic nitrogens is 1. The van der Waals surface area contributed by atoms with Gasteiger partial charge in [0.1, 0.15) is 11.1 Å². The van der Waals surface area contributed by atoms with Crippen LogP contribution >= 0.6 is 11.6 Å². The standard InChI is InChI=1S/C28H28ClN3O3/c1-19-7-6-8-21(15-19)18-32-24(16-23-11-14-35-28(23)32)26(33)30-12-13-31(20(2)17-30)27(34)25(29)22-9-4-3-5-10-22/h3-11,14-16,20,25H,12-13,17-18H2,1-2H3. The lowest BCUT2D eigenvalue weighted by molar-refractivity contribution is -0.135. The molecule has 2 aromatic heterocycles. The number of nitrogens with zero attached hydrogens (tertiary/aromatic N) is 3. The number of rotatable bonds is 5. The van der Waals surface area contributed by atoms with Crippen LogP contribution in [-0.4, -0.2) is 51.9 Å². The zero-order chi connectivity index (χ0) is 24.5. The molecule has 6 nitrogen and oxygen atoms in total. The highest BCUT2D eigenvalue weighted by Crippen LogP contribution is 2.27. The van der Waals surface area contributed by atoms with Crippen molar-refractivity contribution in [2.75, 3.05) is 19.6 Å². The summed E-state index contributed by atoms with van der Waals surface area (Å²) in [7, 11) is 0. The summed E-state index contributed by atoms with van der Waals surface area (Å²) in [6.07, 6.45) is 1.65. The number of furan rings is 1. The van der Waals surface area contributed by atoms with Crippen molar-refractivity contribution in [2.45, 2.75) is 31.8 Å². The van der Waals surface area contributed by atoms with E-state index in [1.807, 2.05) is 64.9 Å². The molecule has 0 saturated carbocycles. The van der Waals surface area contributed by atoms with Gasteiger partial charge in [-0.25, -0.2) is 0 Å². The molecule has 2 amide bonds. The number of hydrogen-bond donors (Lipinski definition) is 0. The Labute approximate surface area is 209 Å². The Bertz CT molecular complexity index is 1360. The van der Waals surface area contributed by atoms with E-state index >= 15 is 0 Å². The number of hydrogen-bond acceptors (Lipinski definition) is 3. The fourth-order valence-corrected chi connectivity index (χ4v) is 5.11. The molecule has 2 unspecified atom stereocenters. The van der Waals surface area contributed by atoms with Crippen LogP contribution in [-0.2, 0) is 11.3 Å². The molecule has 1 fully saturated rings. The van der Waals surface area contributed by atoms with Gasteiger partial charge in [-0.15, -0.1) is 11.6 Å². The third-order valence-electron chi connectivity index (χ3n) is 6.65. The number of amides is 2. The van der Waals surface area contributed by atoms with Gasteiger partial charge in [0.05, 0.1) is 12.8 Å². The fraction of sp³-hybridized carbons (Fsp3) is 0.286. The number of carbonyl (C=O) groups excluding carboxylic acids is 2. The van der Waals surface area contributed by atoms with Crippen molar-refractivity contribution in [3.63, 3.8) is 0 Å². The molecule has 1 aliphatic rings. The second-order valence-corrected chi connectivity index (χ2v) is 9.63. The monoisotopic (exact) mass is 489 g/mol. The second kappa shape index (κ2) is 9.62. The smallest absolute Gasteiger partial charge is 0.270 e. The van der Waals surface area contributed by atoms with Crippen LogP contribution in [0, 0.1) is 6.92 Å². The lowest BCUT2D eigenvalue weighted by Gasteiger charge is -2.40. The van der Waals surface area contributed by atoms with E-state index in [0.717, 1.165) is 16.5 Å². The zero-order valence-corrected chi connectivity index (χ0v) is 20.6. The molecule has 35 heavy (non-hydrogen) atoms. The first-order valence-corrected chi connectivity index (χ1v) is 12.3. The fourth-order valence-electron chi connectivity index (χ4n) is 4.84. The van der Waals surface area contributed by atoms with Crippen molar-refractivity contribution in [2.24, 2.45) is 0 Å². The van der Waals surface area contributed by atoms with Gasteiger partial charge in [0.25, 0.3) is 5.91 Å². The predicted octanol–water partition coefficient (Wildman–Crippen LogP) is 5.24. The quantitative estimate of drug-likeness (QED) is 0.360. The molecule has 0 N–H and O–H groups in total. The SMILES string of the molecule is Cc1cccc(Cn2c(C(=O)N3CCN(C(=O)C(Cl)c4ccccc4)C(C)C3)cc3ccoc32)c1. The van der Waals surface area contributed by atoms with Gasteiger partial charge < -0.3 is 18.8 Å². The van der Waals surface area contributed by atoms with Gasteiger partial charge in [0, 0.05) is 31.1 Å². The Morgan fingerprint density at radius 1 is 1.06 bits per heavy atom. The number of benzene rings is 2. The highest BCUT2D eigenvalue weighted by molar-refractivity contribution is 6.30. The topological polar surface area (TPSA) is 58.7 Å². The van der Waals surface area contributed by atoms with E-state index in [2.05, 4.69) is 25.1 Å². The molecule has 0 spiro atoms. The average molecular weight is 490 g/mol. The average Bonchev–Trinajstić information content (AvgIpc) is 3.46. The van der Waals surface area contributed by atoms with Crippen LogP contribution in [0.3, 0.4) is 0 Å². The van der Waals surface area contributed by atoms with Crippen LogP contribution in [0.15, 0.2) is 77.4 Å². The Morgan fingerprint density at radius 2 is 1.86 bits per heavy atom. The van der Waals surface area contributed by atoms with Crippen molar-refractivity contribution < 1.29 is 14.0 Å². The highest BCUT2D eigenvalue weighted by Gasteiger charge is 2.34. The predicted molar refractivity (Wildman–Crippen MR) is 137 cm³/mol. The van der Waals surface area contributed by atoms with Crippen LogP contribution in [0.25, 0.3) is 11.1 Å². The number of aryl methyl sites for hydroxylation is 1. The van der Waals surface area contributed by atoms with Crippen molar-refractivity contribution in [3.8, 4) is 0 Å². The van der Waals surface area contributed by atoms with E-state index in [9.17, 15) is 9.59 Å². The molecule has 3 heterocycles. The Hall–Kier alpha value is -3.51. The normalized spacial score (nSPS) is 17.1. The maximum absolute atomic E-state index is 13.7. The van der Waals surface area contributed by atoms with E-state index < -0.39 is 5.38 Å². The van der Waals surface area contributed by atoms with Crippen LogP contribution in [0.5, 0.6) is 0 Å². The number of alkyl halides is 1. The number of piperazine rings is 1. The minimum absolute atomic E-state index is 0.0616. The Kier molecular flexibility index (Phi) is 6.39. The molecule has 0 bridgehead atoms. The minimum Gasteiger partial charge on any atom is -0.448 e. The lowest BCUT2D eigenvalue weighted by Crippen LogP contribution is -2.56. The van der Waals surface area contributed by atoms with Gasteiger partial charge in [-0.05, 0) is 37.1 Å². The largest absolute Gasteiger partial charge is 0.448 e. The summed E-state index contributed by atoms with van der Waals surface area (Å²) in [5.74, 6) is -0.189. The number of halogens is 1. The minimum atomic E-state index is -0.737. The lowest BCUT2D eigenvalue weighted by atomic mass is 10.1. The summed E-state index contributed by atoms with van der Waals surface area (Å²) in [5, 5.41) is 0.162. The molecule has 7 heteroatoms. The van der Waals surface area contributed by atoms with Crippen LogP contribution in [0.1, 0.15) is 39.5 Å². The van der Waals surface area contributed by atoms with E-state index in [-0.39, 0.29) is 17.9 Å². The van der Waals surface area contributed by atoms with Gasteiger partial charge in [0.2, 0.25) is 11.6 Å². The highest BCUT2D eigenvalue weighted by atomic mass is 35.5. The summed E-state index contributed by atoms with van der Waals surface area (Å²) < 4.78 is 7.68. The molecule has 4 aromatic rings. The van der Waals surface area contributed by atoms with Crippen LogP contribution in [0.4, 0.5) is 0 Å². The molecular formula is C28H28ClN3O3. The maximum atomic E-state index is 13.7. The summed E-state index contributed by atoms with van der Waals surface area (Å²) in [4.78, 5) is 30.4. The van der Waals surface area contributed by atoms with Crippen molar-refractivity contribution in [1.29, 1.82) is 0 Å². The summed E-state index contributed by atoms with van der Waals surface area (Å²) in [5.41, 5.74) is 4.32. The van der Waals surface area contributed by atoms with Crippen molar-refractivity contribution in [1.82, 2.24) is 14.4 Å². The first-order chi connectivity index (χ1) is 16.9. The summed E-state index contributed by atoms with van der Waals surface area (Å²) in [6.45, 7) is 5.89. The third-order valence-corrected chi connectivity index (χ3v) is 7.09. The summed E-state index contributed by atoms with van der Waals surface area (Å²) >= 11 is 6.51. The molecule has 0 radical (unpaired) electrons. The van der Waals surface area contributed by atoms with E-state index in [0.29, 0.717) is 37.6 Å². The van der Waals surface area contributed by atoms with Gasteiger partial charge in [-0.3, -0.25) is 9.59 Å². The molecular weight excluding hydrogens is 462 g/mol. The Morgan fingerprint density at radius 3 is 2.60 bits per heavy atom. The van der Waals surface area contributed by atoms with Gasteiger partial charge in [0.15, 0.2) is 0 Å². The van der Waals surface area contributed by atoms with Gasteiger partial charge in [-0.2, -0.15) is 0 Å². The maximum Gasteiger partial charge on any atom is 0.270 e. The zero-order valence-electron chi connectivity index (χ0n) is 19.9. The van der Waals surface area contributed by atoms with Gasteiger partial charge >= 0.3 is 0 Å². The van der Waals surface area contributed by atoms with Gasteiger partial charge in [-0.1, -0.05) is 60.2 Å². The van der Waals surface area contributed by atoms with Crippen LogP contribution in [0.2, 0.25) is 0 Å². The van der Waals surface area contributed by atoms with Crippen molar-refractivity contribution in [3.05, 3.63) is 95.4 Å². The number of fused-ring (bicyclic) bond motifs is 1. The van der Waals surface area contributed by atoms with Crippen LogP contribution < -0.4 is 0 Å². The molecule has 1 aliphatic heterocycles. The summed E-state index contributed by atoms with van der Waals surface area (Å²) in [6, 6.07) is 21.2. The van der Waals surface area contributed by atoms with Crippen molar-refractivity contribution >= 4 is 34.5 Å². The second-order valence-electron chi connectivity index (χ2n) is 9.19. The Balaban J connectivity index is 1.34. The van der Waals surface area contributed by atoms with E-state index in [1.54, 1.807) is 11.2 Å². The first-order valence-electron chi connectivity index (χ1n) is 11.8. The van der Waals surface area contributed by atoms with E-state index in [4.69, 9.17) is 16.0 Å². The van der Waals surface area contributed by atoms with E-state index in [1.165, 1.54) is 5.56 Å². The molecule has 5 rings (SSSR count). The molecule has 2 atom stereocenters. The molecule has 0 aliphatic carbocycles. The molecule has 2 aromatic carbocycles. The number of carbonyl (C=O) groups is 2. The first kappa shape index (κ1) is 23.2. The molecule has 180 valence electrons. The molecule has 1 saturated heterocycles. The third kappa shape index (κ3) is 4.58.